The molecule has 41 nitrogen and oxygen atoms in total. The number of hydrogen-bond donors (Lipinski definition) is 16. The Hall–Kier alpha value is -7.26. The van der Waals surface area contributed by atoms with E-state index < -0.39 is 195 Å². The van der Waals surface area contributed by atoms with Gasteiger partial charge in [-0.25, -0.2) is 24.7 Å². The van der Waals surface area contributed by atoms with E-state index in [0.717, 1.165) is 43.6 Å². The van der Waals surface area contributed by atoms with Crippen molar-refractivity contribution in [3.63, 3.8) is 0 Å². The van der Waals surface area contributed by atoms with Crippen LogP contribution in [0.4, 0.5) is 4.79 Å². The number of aliphatic hydroxyl groups excluding tert-OH is 9. The molecule has 8 heterocycles. The minimum atomic E-state index is -5.04. The maximum atomic E-state index is 12.0. The Morgan fingerprint density at radius 1 is 0.573 bits per heavy atom. The quantitative estimate of drug-likeness (QED) is 0.0345. The van der Waals surface area contributed by atoms with Crippen molar-refractivity contribution in [3.8, 4) is 23.5 Å². The van der Waals surface area contributed by atoms with Crippen LogP contribution in [0.1, 0.15) is 80.2 Å². The van der Waals surface area contributed by atoms with Crippen LogP contribution < -0.4 is 59.3 Å². The van der Waals surface area contributed by atoms with Crippen molar-refractivity contribution in [2.45, 2.75) is 112 Å². The molecule has 0 saturated carbocycles. The summed E-state index contributed by atoms with van der Waals surface area (Å²) in [7, 11) is -5.04. The lowest BCUT2D eigenvalue weighted by molar-refractivity contribution is -0.284. The number of ether oxygens (including phenoxy) is 5. The molecule has 5 amide bonds. The summed E-state index contributed by atoms with van der Waals surface area (Å²) in [5, 5.41) is 137. The Balaban J connectivity index is 0.000000203. The van der Waals surface area contributed by atoms with Crippen LogP contribution in [-0.4, -0.2) is 225 Å². The van der Waals surface area contributed by atoms with Gasteiger partial charge in [0.05, 0.1) is 44.6 Å². The topological polar surface area (TPSA) is 689 Å². The Bertz CT molecular complexity index is 2900. The first-order valence-electron chi connectivity index (χ1n) is 23.5. The molecular formula is C40H56N14O27P-5. The molecule has 0 aliphatic carbocycles. The van der Waals surface area contributed by atoms with Gasteiger partial charge in [-0.2, -0.15) is 0 Å². The molecule has 4 fully saturated rings. The van der Waals surface area contributed by atoms with E-state index in [1.165, 1.54) is 0 Å². The molecule has 4 aromatic heterocycles. The number of aliphatic hydroxyl groups is 9. The number of hydrogen-bond acceptors (Lipinski definition) is 31. The van der Waals surface area contributed by atoms with Crippen molar-refractivity contribution in [3.05, 3.63) is 48.1 Å². The molecule has 4 aliphatic heterocycles. The largest absolute Gasteiger partial charge is 0.858 e. The van der Waals surface area contributed by atoms with Crippen molar-refractivity contribution in [2.24, 2.45) is 28.7 Å². The molecule has 17 atom stereocenters. The number of imidazole rings is 4. The zero-order valence-electron chi connectivity index (χ0n) is 42.1. The van der Waals surface area contributed by atoms with E-state index in [-0.39, 0.29) is 6.61 Å². The van der Waals surface area contributed by atoms with Crippen LogP contribution in [0, 0.1) is 0 Å². The highest BCUT2D eigenvalue weighted by Gasteiger charge is 2.47. The third kappa shape index (κ3) is 14.9. The standard InChI is InChI=1S/C13H21N5O7.C9H14N3O9P.C9H13N3O6.C9H13N3O5/c14-2-1-3-16-13(23)24-4-6-8(19)9(20)12(25-6)18-5-17-7(10(15)21)11(18)22;10-7(15)4-8(16)12(2-11-4)9-6(14)5(13)3(21-9)1-20-22(17,18)19;10-7(16)4-8(17)12(2-11-4)9-6(15)5(14)3(1-13)18-9;1-3-5(13)6(14)9(17-3)12-2-11-4(7(10)15)8(12)16/h5-6,8-9,12,19-20,22H,1-4,14H2,(H2,15,21)(H,16,23);2-3,5-6,9,13-14,16H,1H2,(H2,10,15)(H2,17,18,19);2-3,5-6,9,13-15,17H,1H2,(H2,10,16);2-3,5-6,9,13-14,16H,1H3,(H2,10,15)/p-5/t6-,8-,9-,12-;3*3-,5-,6-,9-/m1111/s1. The van der Waals surface area contributed by atoms with Crippen LogP contribution in [0.25, 0.3) is 0 Å². The van der Waals surface area contributed by atoms with Gasteiger partial charge < -0.3 is 157 Å². The van der Waals surface area contributed by atoms with Crippen molar-refractivity contribution < 1.29 is 133 Å². The van der Waals surface area contributed by atoms with Gasteiger partial charge in [0.1, 0.15) is 96.5 Å². The number of nitrogens with one attached hydrogen (secondary N) is 1. The van der Waals surface area contributed by atoms with E-state index in [0.29, 0.717) is 19.5 Å². The number of phosphoric ester groups is 1. The second-order valence-corrected chi connectivity index (χ2v) is 18.8. The fourth-order valence-electron chi connectivity index (χ4n) is 7.83. The van der Waals surface area contributed by atoms with Crippen molar-refractivity contribution in [1.29, 1.82) is 0 Å². The molecule has 0 aromatic carbocycles. The predicted molar refractivity (Wildman–Crippen MR) is 246 cm³/mol. The monoisotopic (exact) mass is 1200 g/mol. The Labute approximate surface area is 458 Å². The number of aromatic nitrogens is 8. The van der Waals surface area contributed by atoms with Gasteiger partial charge >= 0.3 is 6.09 Å². The average molecular weight is 1200 g/mol. The Morgan fingerprint density at radius 2 is 0.890 bits per heavy atom. The van der Waals surface area contributed by atoms with Gasteiger partial charge in [-0.3, -0.25) is 23.7 Å². The van der Waals surface area contributed by atoms with Gasteiger partial charge in [0, 0.05) is 6.54 Å². The SMILES string of the molecule is C[C@H]1O[C@@H](n2cnc(C(N)=O)c2[O-])[C@H](O)[C@@H]1O.NC(=O)c1ncn([C@@H]2O[C@H](CO)[C@@H](O)[C@H]2O)c1[O-].NC(=O)c1ncn([C@@H]2O[C@H](COP(=O)([O-])O)[C@@H](O)[C@H]2O)c1[O-].NCCCNC(=O)OC[C@H]1O[C@@H](n2cnc(C(N)=O)c2[O-])[C@H](O)[C@@H]1O. The molecule has 4 aromatic rings. The maximum Gasteiger partial charge on any atom is 0.407 e. The van der Waals surface area contributed by atoms with Crippen LogP contribution in [0.2, 0.25) is 0 Å². The van der Waals surface area contributed by atoms with Gasteiger partial charge in [0.25, 0.3) is 31.5 Å². The number of primary amides is 4. The number of rotatable bonds is 17. The minimum absolute atomic E-state index is 0.332. The molecule has 0 spiro atoms. The first-order chi connectivity index (χ1) is 38.4. The number of amides is 5. The van der Waals surface area contributed by atoms with E-state index in [4.69, 9.17) is 62.4 Å². The zero-order chi connectivity index (χ0) is 61.4. The van der Waals surface area contributed by atoms with Crippen LogP contribution in [0.5, 0.6) is 23.5 Å². The number of nitrogens with zero attached hydrogens (tertiary/aromatic N) is 8. The van der Waals surface area contributed by atoms with Gasteiger partial charge in [0.2, 0.25) is 0 Å². The van der Waals surface area contributed by atoms with Crippen molar-refractivity contribution >= 4 is 37.5 Å². The Morgan fingerprint density at radius 3 is 1.17 bits per heavy atom. The molecule has 21 N–H and O–H groups in total. The summed E-state index contributed by atoms with van der Waals surface area (Å²) in [4.78, 5) is 88.3. The first-order valence-corrected chi connectivity index (χ1v) is 25.0. The van der Waals surface area contributed by atoms with Crippen LogP contribution in [0.3, 0.4) is 0 Å². The summed E-state index contributed by atoms with van der Waals surface area (Å²) in [6, 6.07) is 0. The van der Waals surface area contributed by atoms with E-state index in [1.54, 1.807) is 6.92 Å². The summed E-state index contributed by atoms with van der Waals surface area (Å²) >= 11 is 0. The minimum Gasteiger partial charge on any atom is -0.858 e. The van der Waals surface area contributed by atoms with Gasteiger partial charge in [-0.1, -0.05) is 0 Å². The second kappa shape index (κ2) is 27.7. The third-order valence-corrected chi connectivity index (χ3v) is 12.6. The van der Waals surface area contributed by atoms with Gasteiger partial charge in [0.15, 0.2) is 24.9 Å². The number of carbonyl (C=O) groups is 5. The summed E-state index contributed by atoms with van der Waals surface area (Å²) < 4.78 is 43.6. The van der Waals surface area contributed by atoms with Crippen LogP contribution in [0.15, 0.2) is 25.3 Å². The molecule has 4 saturated heterocycles. The molecule has 4 aliphatic rings. The van der Waals surface area contributed by atoms with Crippen LogP contribution >= 0.6 is 7.82 Å². The number of carbonyl (C=O) groups excluding carboxylic acids is 5. The maximum absolute atomic E-state index is 12.0. The molecule has 8 rings (SSSR count). The van der Waals surface area contributed by atoms with Gasteiger partial charge in [-0.05, 0) is 43.4 Å². The summed E-state index contributed by atoms with van der Waals surface area (Å²) in [6.45, 7) is 0.657. The third-order valence-electron chi connectivity index (χ3n) is 12.1. The number of alkyl carbamates (subject to hydrolysis) is 1. The van der Waals surface area contributed by atoms with Crippen LogP contribution in [-0.2, 0) is 32.8 Å². The fraction of sp³-hybridized carbons (Fsp3) is 0.575. The highest BCUT2D eigenvalue weighted by Crippen LogP contribution is 2.38. The molecular weight excluding hydrogens is 1140 g/mol. The number of phosphoric acid groups is 1. The smallest absolute Gasteiger partial charge is 0.407 e. The highest BCUT2D eigenvalue weighted by molar-refractivity contribution is 7.44. The Kier molecular flexibility index (Phi) is 22.1. The number of nitrogens with two attached hydrogens (primary N) is 5. The second-order valence-electron chi connectivity index (χ2n) is 17.6. The molecule has 1 unspecified atom stereocenters. The molecule has 42 heteroatoms. The molecule has 0 radical (unpaired) electrons. The van der Waals surface area contributed by atoms with Gasteiger partial charge in [-0.15, -0.1) is 0 Å². The zero-order valence-corrected chi connectivity index (χ0v) is 43.0. The summed E-state index contributed by atoms with van der Waals surface area (Å²) in [6.07, 6.45) is -16.5. The summed E-state index contributed by atoms with van der Waals surface area (Å²) in [5.41, 5.74) is 23.1. The summed E-state index contributed by atoms with van der Waals surface area (Å²) in [5.74, 6) is -7.41. The first kappa shape index (κ1) is 65.5. The van der Waals surface area contributed by atoms with E-state index >= 15 is 0 Å². The molecule has 82 heavy (non-hydrogen) atoms. The lowest BCUT2D eigenvalue weighted by Crippen LogP contribution is -2.36. The fourth-order valence-corrected chi connectivity index (χ4v) is 8.17. The lowest BCUT2D eigenvalue weighted by atomic mass is 10.1. The highest BCUT2D eigenvalue weighted by atomic mass is 31.2. The van der Waals surface area contributed by atoms with Crippen molar-refractivity contribution in [1.82, 2.24) is 43.5 Å². The normalized spacial score (nSPS) is 30.0. The van der Waals surface area contributed by atoms with Crippen molar-refractivity contribution in [2.75, 3.05) is 32.9 Å². The van der Waals surface area contributed by atoms with E-state index in [1.807, 2.05) is 0 Å². The van der Waals surface area contributed by atoms with E-state index in [9.17, 15) is 94.7 Å². The van der Waals surface area contributed by atoms with E-state index in [2.05, 4.69) is 29.8 Å². The predicted octanol–water partition coefficient (Wildman–Crippen LogP) is -12.7. The lowest BCUT2D eigenvalue weighted by Gasteiger charge is -2.22. The molecule has 0 bridgehead atoms. The average Bonchev–Trinajstić information content (AvgIpc) is 4.53. The molecule has 458 valence electrons.